The molecule has 0 spiro atoms. The first-order chi connectivity index (χ1) is 8.76. The first-order valence-electron chi connectivity index (χ1n) is 6.28. The van der Waals surface area contributed by atoms with E-state index in [1.54, 1.807) is 7.11 Å². The quantitative estimate of drug-likeness (QED) is 0.870. The summed E-state index contributed by atoms with van der Waals surface area (Å²) < 4.78 is 16.6. The molecule has 0 saturated carbocycles. The van der Waals surface area contributed by atoms with Gasteiger partial charge in [0.2, 0.25) is 0 Å². The molecule has 4 nitrogen and oxygen atoms in total. The van der Waals surface area contributed by atoms with Gasteiger partial charge in [-0.25, -0.2) is 0 Å². The Balaban J connectivity index is 2.22. The van der Waals surface area contributed by atoms with E-state index in [2.05, 4.69) is 0 Å². The molecule has 18 heavy (non-hydrogen) atoms. The standard InChI is InChI=1S/C14H20O4/c1-10(8-15)12-4-3-5-13(14(12)16-2)18-11-6-7-17-9-11/h3-5,10-11,15H,6-9H2,1-2H3. The molecule has 100 valence electrons. The summed E-state index contributed by atoms with van der Waals surface area (Å²) in [7, 11) is 1.63. The summed E-state index contributed by atoms with van der Waals surface area (Å²) in [6.07, 6.45) is 1.00. The fourth-order valence-electron chi connectivity index (χ4n) is 2.12. The van der Waals surface area contributed by atoms with Crippen LogP contribution in [0.25, 0.3) is 0 Å². The number of hydrogen-bond acceptors (Lipinski definition) is 4. The average molecular weight is 252 g/mol. The molecule has 1 N–H and O–H groups in total. The van der Waals surface area contributed by atoms with Gasteiger partial charge in [-0.15, -0.1) is 0 Å². The fourth-order valence-corrected chi connectivity index (χ4v) is 2.12. The highest BCUT2D eigenvalue weighted by Gasteiger charge is 2.21. The van der Waals surface area contributed by atoms with E-state index < -0.39 is 0 Å². The van der Waals surface area contributed by atoms with Crippen LogP contribution in [0.2, 0.25) is 0 Å². The van der Waals surface area contributed by atoms with Gasteiger partial charge in [0.25, 0.3) is 0 Å². The minimum Gasteiger partial charge on any atom is -0.493 e. The van der Waals surface area contributed by atoms with Gasteiger partial charge in [-0.1, -0.05) is 19.1 Å². The molecule has 0 amide bonds. The number of aliphatic hydroxyl groups excluding tert-OH is 1. The van der Waals surface area contributed by atoms with Crippen molar-refractivity contribution >= 4 is 0 Å². The second kappa shape index (κ2) is 6.07. The SMILES string of the molecule is COc1c(OC2CCOC2)cccc1C(C)CO. The lowest BCUT2D eigenvalue weighted by atomic mass is 10.0. The molecule has 1 aromatic rings. The van der Waals surface area contributed by atoms with Gasteiger partial charge in [-0.3, -0.25) is 0 Å². The number of benzene rings is 1. The first-order valence-corrected chi connectivity index (χ1v) is 6.28. The number of ether oxygens (including phenoxy) is 3. The molecule has 1 aliphatic heterocycles. The van der Waals surface area contributed by atoms with Crippen molar-refractivity contribution in [1.82, 2.24) is 0 Å². The van der Waals surface area contributed by atoms with Crippen molar-refractivity contribution in [3.05, 3.63) is 23.8 Å². The van der Waals surface area contributed by atoms with Crippen molar-refractivity contribution in [1.29, 1.82) is 0 Å². The Morgan fingerprint density at radius 3 is 2.94 bits per heavy atom. The molecular weight excluding hydrogens is 232 g/mol. The Morgan fingerprint density at radius 2 is 2.33 bits per heavy atom. The normalized spacial score (nSPS) is 20.7. The highest BCUT2D eigenvalue weighted by Crippen LogP contribution is 2.36. The lowest BCUT2D eigenvalue weighted by Gasteiger charge is -2.19. The Bertz CT molecular complexity index is 385. The van der Waals surface area contributed by atoms with Crippen molar-refractivity contribution < 1.29 is 19.3 Å². The topological polar surface area (TPSA) is 47.9 Å². The third-order valence-electron chi connectivity index (χ3n) is 3.20. The Labute approximate surface area is 107 Å². The second-order valence-electron chi connectivity index (χ2n) is 4.57. The Hall–Kier alpha value is -1.26. The highest BCUT2D eigenvalue weighted by atomic mass is 16.6. The summed E-state index contributed by atoms with van der Waals surface area (Å²) in [6, 6.07) is 5.78. The monoisotopic (exact) mass is 252 g/mol. The predicted molar refractivity (Wildman–Crippen MR) is 68.3 cm³/mol. The van der Waals surface area contributed by atoms with Gasteiger partial charge < -0.3 is 19.3 Å². The van der Waals surface area contributed by atoms with Crippen LogP contribution in [0.5, 0.6) is 11.5 Å². The van der Waals surface area contributed by atoms with E-state index in [9.17, 15) is 5.11 Å². The van der Waals surface area contributed by atoms with E-state index in [1.807, 2.05) is 25.1 Å². The third kappa shape index (κ3) is 2.76. The number of para-hydroxylation sites is 1. The van der Waals surface area contributed by atoms with E-state index in [0.29, 0.717) is 12.4 Å². The van der Waals surface area contributed by atoms with Crippen LogP contribution in [0.3, 0.4) is 0 Å². The van der Waals surface area contributed by atoms with Gasteiger partial charge in [0.1, 0.15) is 6.10 Å². The number of rotatable bonds is 5. The second-order valence-corrected chi connectivity index (χ2v) is 4.57. The maximum atomic E-state index is 9.27. The van der Waals surface area contributed by atoms with Gasteiger partial charge in [0.05, 0.1) is 20.3 Å². The van der Waals surface area contributed by atoms with Crippen molar-refractivity contribution in [2.24, 2.45) is 0 Å². The maximum Gasteiger partial charge on any atom is 0.164 e. The summed E-state index contributed by atoms with van der Waals surface area (Å²) in [6.45, 7) is 3.43. The Morgan fingerprint density at radius 1 is 1.50 bits per heavy atom. The summed E-state index contributed by atoms with van der Waals surface area (Å²) in [4.78, 5) is 0. The maximum absolute atomic E-state index is 9.27. The summed E-state index contributed by atoms with van der Waals surface area (Å²) in [5.74, 6) is 1.47. The molecule has 1 aliphatic rings. The average Bonchev–Trinajstić information content (AvgIpc) is 2.90. The van der Waals surface area contributed by atoms with Gasteiger partial charge in [-0.05, 0) is 6.07 Å². The zero-order valence-electron chi connectivity index (χ0n) is 10.9. The fraction of sp³-hybridized carbons (Fsp3) is 0.571. The van der Waals surface area contributed by atoms with Crippen molar-refractivity contribution in [2.45, 2.75) is 25.4 Å². The summed E-state index contributed by atoms with van der Waals surface area (Å²) in [5, 5.41) is 9.27. The van der Waals surface area contributed by atoms with Crippen LogP contribution in [0.4, 0.5) is 0 Å². The van der Waals surface area contributed by atoms with Crippen LogP contribution in [0.15, 0.2) is 18.2 Å². The molecule has 0 radical (unpaired) electrons. The van der Waals surface area contributed by atoms with Crippen LogP contribution in [-0.4, -0.2) is 38.1 Å². The van der Waals surface area contributed by atoms with Gasteiger partial charge in [-0.2, -0.15) is 0 Å². The molecule has 2 atom stereocenters. The molecular formula is C14H20O4. The first kappa shape index (κ1) is 13.2. The minimum atomic E-state index is 0.0309. The molecule has 0 aliphatic carbocycles. The molecule has 1 saturated heterocycles. The van der Waals surface area contributed by atoms with Crippen molar-refractivity contribution in [3.63, 3.8) is 0 Å². The van der Waals surface area contributed by atoms with Crippen molar-refractivity contribution in [2.75, 3.05) is 26.9 Å². The van der Waals surface area contributed by atoms with Crippen LogP contribution < -0.4 is 9.47 Å². The third-order valence-corrected chi connectivity index (χ3v) is 3.20. The number of methoxy groups -OCH3 is 1. The van der Waals surface area contributed by atoms with Crippen molar-refractivity contribution in [3.8, 4) is 11.5 Å². The molecule has 1 aromatic carbocycles. The number of aliphatic hydroxyl groups is 1. The Kier molecular flexibility index (Phi) is 4.44. The van der Waals surface area contributed by atoms with Gasteiger partial charge in [0, 0.05) is 24.5 Å². The minimum absolute atomic E-state index is 0.0309. The molecule has 1 heterocycles. The lowest BCUT2D eigenvalue weighted by molar-refractivity contribution is 0.138. The van der Waals surface area contributed by atoms with Crippen LogP contribution >= 0.6 is 0 Å². The van der Waals surface area contributed by atoms with Crippen LogP contribution in [-0.2, 0) is 4.74 Å². The van der Waals surface area contributed by atoms with Gasteiger partial charge in [0.15, 0.2) is 11.5 Å². The summed E-state index contributed by atoms with van der Waals surface area (Å²) >= 11 is 0. The molecule has 0 bridgehead atoms. The number of hydrogen-bond donors (Lipinski definition) is 1. The molecule has 1 fully saturated rings. The van der Waals surface area contributed by atoms with Crippen LogP contribution in [0, 0.1) is 0 Å². The highest BCUT2D eigenvalue weighted by molar-refractivity contribution is 5.48. The zero-order valence-corrected chi connectivity index (χ0v) is 10.9. The molecule has 0 aromatic heterocycles. The molecule has 2 rings (SSSR count). The largest absolute Gasteiger partial charge is 0.493 e. The lowest BCUT2D eigenvalue weighted by Crippen LogP contribution is -2.16. The van der Waals surface area contributed by atoms with E-state index >= 15 is 0 Å². The predicted octanol–water partition coefficient (Wildman–Crippen LogP) is 1.96. The zero-order chi connectivity index (χ0) is 13.0. The van der Waals surface area contributed by atoms with Gasteiger partial charge >= 0.3 is 0 Å². The smallest absolute Gasteiger partial charge is 0.164 e. The van der Waals surface area contributed by atoms with E-state index in [-0.39, 0.29) is 18.6 Å². The van der Waals surface area contributed by atoms with Crippen LogP contribution in [0.1, 0.15) is 24.8 Å². The van der Waals surface area contributed by atoms with E-state index in [0.717, 1.165) is 24.3 Å². The van der Waals surface area contributed by atoms with E-state index in [1.165, 1.54) is 0 Å². The van der Waals surface area contributed by atoms with E-state index in [4.69, 9.17) is 14.2 Å². The molecule has 4 heteroatoms. The molecule has 2 unspecified atom stereocenters. The summed E-state index contributed by atoms with van der Waals surface area (Å²) in [5.41, 5.74) is 0.969.